The molecule has 1 atom stereocenters. The van der Waals surface area contributed by atoms with E-state index in [2.05, 4.69) is 18.7 Å². The Morgan fingerprint density at radius 2 is 1.67 bits per heavy atom. The van der Waals surface area contributed by atoms with Crippen molar-refractivity contribution in [2.45, 2.75) is 39.7 Å². The molecule has 1 fully saturated rings. The Labute approximate surface area is 196 Å². The van der Waals surface area contributed by atoms with Crippen molar-refractivity contribution >= 4 is 17.4 Å². The number of likely N-dealkylation sites (tertiary alicyclic amines) is 1. The molecule has 0 aromatic heterocycles. The largest absolute Gasteiger partial charge is 0.507 e. The van der Waals surface area contributed by atoms with Crippen molar-refractivity contribution in [2.75, 3.05) is 32.8 Å². The summed E-state index contributed by atoms with van der Waals surface area (Å²) in [7, 11) is 0. The summed E-state index contributed by atoms with van der Waals surface area (Å²) >= 11 is 0. The van der Waals surface area contributed by atoms with E-state index in [0.29, 0.717) is 18.7 Å². The molecule has 1 aliphatic rings. The fraction of sp³-hybridized carbons (Fsp3) is 0.407. The van der Waals surface area contributed by atoms with Crippen molar-refractivity contribution < 1.29 is 19.4 Å². The van der Waals surface area contributed by atoms with Crippen LogP contribution in [0.15, 0.2) is 60.2 Å². The number of aliphatic hydroxyl groups excluding tert-OH is 1. The Hall–Kier alpha value is -3.12. The van der Waals surface area contributed by atoms with Crippen molar-refractivity contribution in [3.63, 3.8) is 0 Å². The first-order valence-electron chi connectivity index (χ1n) is 11.8. The number of carbonyl (C=O) groups is 2. The quantitative estimate of drug-likeness (QED) is 0.307. The van der Waals surface area contributed by atoms with Crippen LogP contribution in [-0.4, -0.2) is 59.4 Å². The molecule has 0 bridgehead atoms. The molecule has 33 heavy (non-hydrogen) atoms. The lowest BCUT2D eigenvalue weighted by atomic mass is 9.95. The number of ether oxygens (including phenoxy) is 1. The first-order chi connectivity index (χ1) is 16.0. The summed E-state index contributed by atoms with van der Waals surface area (Å²) in [5, 5.41) is 11.1. The predicted octanol–water partition coefficient (Wildman–Crippen LogP) is 4.63. The van der Waals surface area contributed by atoms with E-state index in [1.54, 1.807) is 29.2 Å². The molecule has 1 saturated heterocycles. The number of ketones is 1. The number of Topliss-reactive ketones (excluding diaryl/α,β-unsaturated/α-hetero) is 1. The Bertz CT molecular complexity index is 965. The number of carbonyl (C=O) groups excluding carboxylic acids is 2. The molecule has 2 aromatic carbocycles. The molecule has 1 N–H and O–H groups in total. The second-order valence-corrected chi connectivity index (χ2v) is 8.16. The third-order valence-electron chi connectivity index (χ3n) is 6.02. The van der Waals surface area contributed by atoms with Crippen LogP contribution in [0.2, 0.25) is 0 Å². The number of aliphatic hydroxyl groups is 1. The molecule has 1 heterocycles. The van der Waals surface area contributed by atoms with E-state index in [-0.39, 0.29) is 11.3 Å². The molecular weight excluding hydrogens is 416 g/mol. The molecule has 6 heteroatoms. The van der Waals surface area contributed by atoms with Crippen molar-refractivity contribution in [3.05, 3.63) is 71.3 Å². The zero-order chi connectivity index (χ0) is 23.8. The van der Waals surface area contributed by atoms with Gasteiger partial charge in [0.05, 0.1) is 18.2 Å². The van der Waals surface area contributed by atoms with Gasteiger partial charge in [0.15, 0.2) is 0 Å². The van der Waals surface area contributed by atoms with Crippen molar-refractivity contribution in [3.8, 4) is 5.75 Å². The van der Waals surface area contributed by atoms with Gasteiger partial charge in [-0.05, 0) is 50.2 Å². The summed E-state index contributed by atoms with van der Waals surface area (Å²) in [4.78, 5) is 30.0. The van der Waals surface area contributed by atoms with Crippen LogP contribution < -0.4 is 4.74 Å². The van der Waals surface area contributed by atoms with Crippen LogP contribution in [-0.2, 0) is 9.59 Å². The molecule has 0 aliphatic carbocycles. The molecule has 0 spiro atoms. The highest BCUT2D eigenvalue weighted by Crippen LogP contribution is 2.39. The third kappa shape index (κ3) is 5.63. The number of rotatable bonds is 11. The summed E-state index contributed by atoms with van der Waals surface area (Å²) in [5.74, 6) is -0.613. The van der Waals surface area contributed by atoms with E-state index in [1.165, 1.54) is 0 Å². The van der Waals surface area contributed by atoms with E-state index in [4.69, 9.17) is 4.74 Å². The van der Waals surface area contributed by atoms with Gasteiger partial charge < -0.3 is 19.6 Å². The minimum absolute atomic E-state index is 0.135. The number of hydrogen-bond acceptors (Lipinski definition) is 5. The summed E-state index contributed by atoms with van der Waals surface area (Å²) in [6.45, 7) is 10.0. The molecule has 176 valence electrons. The lowest BCUT2D eigenvalue weighted by Gasteiger charge is -2.27. The van der Waals surface area contributed by atoms with Gasteiger partial charge in [-0.25, -0.2) is 0 Å². The fourth-order valence-electron chi connectivity index (χ4n) is 4.18. The number of nitrogens with zero attached hydrogens (tertiary/aromatic N) is 2. The minimum atomic E-state index is -0.643. The smallest absolute Gasteiger partial charge is 0.295 e. The van der Waals surface area contributed by atoms with Crippen molar-refractivity contribution in [2.24, 2.45) is 0 Å². The van der Waals surface area contributed by atoms with Gasteiger partial charge in [-0.1, -0.05) is 63.2 Å². The van der Waals surface area contributed by atoms with Gasteiger partial charge >= 0.3 is 0 Å². The van der Waals surface area contributed by atoms with Crippen LogP contribution in [0.3, 0.4) is 0 Å². The lowest BCUT2D eigenvalue weighted by molar-refractivity contribution is -0.140. The predicted molar refractivity (Wildman–Crippen MR) is 130 cm³/mol. The third-order valence-corrected chi connectivity index (χ3v) is 6.02. The fourth-order valence-corrected chi connectivity index (χ4v) is 4.18. The maximum Gasteiger partial charge on any atom is 0.295 e. The van der Waals surface area contributed by atoms with Gasteiger partial charge in [0.2, 0.25) is 0 Å². The van der Waals surface area contributed by atoms with E-state index >= 15 is 0 Å². The average Bonchev–Trinajstić information content (AvgIpc) is 3.10. The first-order valence-corrected chi connectivity index (χ1v) is 11.8. The number of hydrogen-bond donors (Lipinski definition) is 1. The second kappa shape index (κ2) is 11.7. The average molecular weight is 451 g/mol. The number of benzene rings is 2. The SMILES string of the molecule is CCCOc1ccc(C2/C(=C(\O)c3ccccc3)C(=O)C(=O)N2CCCN(CC)CC)cc1. The molecule has 1 amide bonds. The molecule has 0 saturated carbocycles. The van der Waals surface area contributed by atoms with E-state index in [9.17, 15) is 14.7 Å². The van der Waals surface area contributed by atoms with Gasteiger partial charge in [-0.2, -0.15) is 0 Å². The maximum atomic E-state index is 13.1. The summed E-state index contributed by atoms with van der Waals surface area (Å²) < 4.78 is 5.69. The standard InChI is InChI=1S/C27H34N2O4/c1-4-19-33-22-15-13-20(14-16-22)24-23(25(30)21-11-8-7-9-12-21)26(31)27(32)29(24)18-10-17-28(5-2)6-3/h7-9,11-16,24,30H,4-6,10,17-19H2,1-3H3/b25-23+. The minimum Gasteiger partial charge on any atom is -0.507 e. The second-order valence-electron chi connectivity index (χ2n) is 8.16. The van der Waals surface area contributed by atoms with Gasteiger partial charge in [-0.15, -0.1) is 0 Å². The van der Waals surface area contributed by atoms with Crippen molar-refractivity contribution in [1.29, 1.82) is 0 Å². The van der Waals surface area contributed by atoms with Crippen molar-refractivity contribution in [1.82, 2.24) is 9.80 Å². The van der Waals surface area contributed by atoms with Crippen LogP contribution in [0.4, 0.5) is 0 Å². The van der Waals surface area contributed by atoms with Gasteiger partial charge in [-0.3, -0.25) is 9.59 Å². The topological polar surface area (TPSA) is 70.1 Å². The van der Waals surface area contributed by atoms with Crippen LogP contribution in [0, 0.1) is 0 Å². The Morgan fingerprint density at radius 3 is 2.27 bits per heavy atom. The van der Waals surface area contributed by atoms with Gasteiger partial charge in [0, 0.05) is 12.1 Å². The zero-order valence-corrected chi connectivity index (χ0v) is 19.8. The Morgan fingerprint density at radius 1 is 1.00 bits per heavy atom. The summed E-state index contributed by atoms with van der Waals surface area (Å²) in [5.41, 5.74) is 1.43. The van der Waals surface area contributed by atoms with E-state index < -0.39 is 17.7 Å². The maximum absolute atomic E-state index is 13.1. The summed E-state index contributed by atoms with van der Waals surface area (Å²) in [6.07, 6.45) is 1.65. The molecule has 1 aliphatic heterocycles. The first kappa shape index (κ1) is 24.5. The monoisotopic (exact) mass is 450 g/mol. The highest BCUT2D eigenvalue weighted by Gasteiger charge is 2.45. The molecule has 2 aromatic rings. The highest BCUT2D eigenvalue weighted by molar-refractivity contribution is 6.46. The van der Waals surface area contributed by atoms with Crippen LogP contribution in [0.5, 0.6) is 5.75 Å². The molecule has 1 unspecified atom stereocenters. The molecule has 6 nitrogen and oxygen atoms in total. The zero-order valence-electron chi connectivity index (χ0n) is 19.8. The lowest BCUT2D eigenvalue weighted by Crippen LogP contribution is -2.33. The molecular formula is C27H34N2O4. The molecule has 3 rings (SSSR count). The van der Waals surface area contributed by atoms with E-state index in [0.717, 1.165) is 43.8 Å². The van der Waals surface area contributed by atoms with Gasteiger partial charge in [0.25, 0.3) is 11.7 Å². The molecule has 0 radical (unpaired) electrons. The van der Waals surface area contributed by atoms with Crippen LogP contribution >= 0.6 is 0 Å². The Kier molecular flexibility index (Phi) is 8.66. The highest BCUT2D eigenvalue weighted by atomic mass is 16.5. The Balaban J connectivity index is 1.97. The van der Waals surface area contributed by atoms with E-state index in [1.807, 2.05) is 37.3 Å². The van der Waals surface area contributed by atoms with Crippen LogP contribution in [0.25, 0.3) is 5.76 Å². The van der Waals surface area contributed by atoms with Gasteiger partial charge in [0.1, 0.15) is 11.5 Å². The van der Waals surface area contributed by atoms with Crippen LogP contribution in [0.1, 0.15) is 50.8 Å². The normalized spacial score (nSPS) is 17.7. The summed E-state index contributed by atoms with van der Waals surface area (Å²) in [6, 6.07) is 15.7. The number of amides is 1.